The molecule has 0 saturated carbocycles. The van der Waals surface area contributed by atoms with Crippen molar-refractivity contribution in [3.8, 4) is 0 Å². The minimum Gasteiger partial charge on any atom is -0.423 e. The fourth-order valence-electron chi connectivity index (χ4n) is 3.74. The third-order valence-corrected chi connectivity index (χ3v) is 6.88. The van der Waals surface area contributed by atoms with Gasteiger partial charge in [0, 0.05) is 18.6 Å². The molecule has 0 bridgehead atoms. The summed E-state index contributed by atoms with van der Waals surface area (Å²) in [7, 11) is -1.52. The number of rotatable bonds is 6. The average Bonchev–Trinajstić information content (AvgIpc) is 3.16. The first-order chi connectivity index (χ1) is 14.8. The van der Waals surface area contributed by atoms with Crippen molar-refractivity contribution in [1.29, 1.82) is 0 Å². The number of benzene rings is 2. The molecular formula is C25H27BN2O2S. The Hall–Kier alpha value is -2.67. The highest BCUT2D eigenvalue weighted by Crippen LogP contribution is 2.25. The second kappa shape index (κ2) is 8.83. The summed E-state index contributed by atoms with van der Waals surface area (Å²) >= 11 is 1.48. The normalized spacial score (nSPS) is 11.2. The standard InChI is InChI=1S/C25H27BN2O2S/c1-16-5-7-20(11-18(16)3)13-28(14-21-8-6-17(2)19(4)12-21)24-10-9-23-25(27-24)22(15-31-23)26(29)30/h5-12,15,29-30H,13-14H2,1-4H3. The zero-order chi connectivity index (χ0) is 22.1. The van der Waals surface area contributed by atoms with Crippen LogP contribution in [0.1, 0.15) is 33.4 Å². The molecule has 0 atom stereocenters. The lowest BCUT2D eigenvalue weighted by Gasteiger charge is -2.25. The average molecular weight is 430 g/mol. The third-order valence-electron chi connectivity index (χ3n) is 5.92. The molecule has 158 valence electrons. The summed E-state index contributed by atoms with van der Waals surface area (Å²) in [6.07, 6.45) is 0. The summed E-state index contributed by atoms with van der Waals surface area (Å²) in [5.74, 6) is 0.823. The van der Waals surface area contributed by atoms with E-state index in [0.29, 0.717) is 24.1 Å². The number of fused-ring (bicyclic) bond motifs is 1. The van der Waals surface area contributed by atoms with Gasteiger partial charge in [-0.05, 0) is 78.6 Å². The predicted octanol–water partition coefficient (Wildman–Crippen LogP) is 4.42. The van der Waals surface area contributed by atoms with Gasteiger partial charge in [0.2, 0.25) is 0 Å². The van der Waals surface area contributed by atoms with Crippen molar-refractivity contribution in [2.45, 2.75) is 40.8 Å². The molecule has 0 aliphatic rings. The molecule has 4 aromatic rings. The minimum absolute atomic E-state index is 0.458. The first kappa shape index (κ1) is 21.6. The highest BCUT2D eigenvalue weighted by molar-refractivity contribution is 7.18. The van der Waals surface area contributed by atoms with Crippen LogP contribution in [0.25, 0.3) is 10.2 Å². The topological polar surface area (TPSA) is 56.6 Å². The smallest absolute Gasteiger partial charge is 0.423 e. The Morgan fingerprint density at radius 1 is 0.806 bits per heavy atom. The zero-order valence-electron chi connectivity index (χ0n) is 18.4. The first-order valence-corrected chi connectivity index (χ1v) is 11.3. The van der Waals surface area contributed by atoms with E-state index >= 15 is 0 Å². The second-order valence-electron chi connectivity index (χ2n) is 8.27. The van der Waals surface area contributed by atoms with E-state index in [1.165, 1.54) is 44.7 Å². The number of thiophene rings is 1. The van der Waals surface area contributed by atoms with Crippen molar-refractivity contribution in [2.24, 2.45) is 0 Å². The molecule has 31 heavy (non-hydrogen) atoms. The molecule has 0 fully saturated rings. The molecule has 6 heteroatoms. The molecule has 0 radical (unpaired) electrons. The predicted molar refractivity (Wildman–Crippen MR) is 131 cm³/mol. The molecule has 2 N–H and O–H groups in total. The van der Waals surface area contributed by atoms with Gasteiger partial charge in [0.05, 0.1) is 10.2 Å². The van der Waals surface area contributed by atoms with Crippen LogP contribution in [-0.4, -0.2) is 22.2 Å². The molecule has 2 aromatic heterocycles. The number of anilines is 1. The van der Waals surface area contributed by atoms with Crippen LogP contribution >= 0.6 is 11.3 Å². The summed E-state index contributed by atoms with van der Waals surface area (Å²) in [5, 5.41) is 21.2. The van der Waals surface area contributed by atoms with E-state index in [0.717, 1.165) is 10.5 Å². The van der Waals surface area contributed by atoms with Crippen molar-refractivity contribution < 1.29 is 10.0 Å². The van der Waals surface area contributed by atoms with Gasteiger partial charge in [-0.2, -0.15) is 0 Å². The van der Waals surface area contributed by atoms with Crippen LogP contribution in [0.3, 0.4) is 0 Å². The quantitative estimate of drug-likeness (QED) is 0.445. The van der Waals surface area contributed by atoms with Gasteiger partial charge in [-0.1, -0.05) is 36.4 Å². The molecule has 0 saturated heterocycles. The maximum Gasteiger partial charge on any atom is 0.491 e. The van der Waals surface area contributed by atoms with Crippen LogP contribution in [-0.2, 0) is 13.1 Å². The summed E-state index contributed by atoms with van der Waals surface area (Å²) in [6, 6.07) is 17.2. The van der Waals surface area contributed by atoms with E-state index in [2.05, 4.69) is 69.0 Å². The van der Waals surface area contributed by atoms with Gasteiger partial charge in [0.1, 0.15) is 5.82 Å². The maximum absolute atomic E-state index is 9.73. The molecule has 0 amide bonds. The van der Waals surface area contributed by atoms with Crippen molar-refractivity contribution >= 4 is 40.0 Å². The second-order valence-corrected chi connectivity index (χ2v) is 9.19. The number of hydrogen-bond donors (Lipinski definition) is 2. The summed E-state index contributed by atoms with van der Waals surface area (Å²) in [4.78, 5) is 7.09. The van der Waals surface area contributed by atoms with E-state index in [1.807, 2.05) is 12.1 Å². The molecule has 4 nitrogen and oxygen atoms in total. The van der Waals surface area contributed by atoms with Crippen LogP contribution in [0.5, 0.6) is 0 Å². The number of pyridine rings is 1. The monoisotopic (exact) mass is 430 g/mol. The lowest BCUT2D eigenvalue weighted by Crippen LogP contribution is -2.30. The molecule has 2 heterocycles. The molecular weight excluding hydrogens is 403 g/mol. The van der Waals surface area contributed by atoms with Crippen LogP contribution < -0.4 is 10.4 Å². The van der Waals surface area contributed by atoms with Crippen molar-refractivity contribution in [3.05, 3.63) is 87.3 Å². The molecule has 0 spiro atoms. The summed E-state index contributed by atoms with van der Waals surface area (Å²) in [5.41, 5.74) is 8.67. The van der Waals surface area contributed by atoms with Crippen molar-refractivity contribution in [3.63, 3.8) is 0 Å². The summed E-state index contributed by atoms with van der Waals surface area (Å²) in [6.45, 7) is 9.95. The Morgan fingerprint density at radius 3 is 1.90 bits per heavy atom. The van der Waals surface area contributed by atoms with Crippen LogP contribution in [0, 0.1) is 27.7 Å². The van der Waals surface area contributed by atoms with Gasteiger partial charge in [-0.15, -0.1) is 11.3 Å². The molecule has 0 aliphatic heterocycles. The Kier molecular flexibility index (Phi) is 6.14. The van der Waals surface area contributed by atoms with E-state index in [9.17, 15) is 10.0 Å². The zero-order valence-corrected chi connectivity index (χ0v) is 19.2. The van der Waals surface area contributed by atoms with Crippen molar-refractivity contribution in [1.82, 2.24) is 4.98 Å². The lowest BCUT2D eigenvalue weighted by molar-refractivity contribution is 0.426. The Labute approximate surface area is 188 Å². The van der Waals surface area contributed by atoms with E-state index in [1.54, 1.807) is 5.38 Å². The van der Waals surface area contributed by atoms with E-state index in [-0.39, 0.29) is 0 Å². The van der Waals surface area contributed by atoms with Crippen LogP contribution in [0.15, 0.2) is 53.9 Å². The molecule has 4 rings (SSSR count). The fraction of sp³-hybridized carbons (Fsp3) is 0.240. The van der Waals surface area contributed by atoms with Gasteiger partial charge >= 0.3 is 7.12 Å². The number of aromatic nitrogens is 1. The Morgan fingerprint density at radius 2 is 1.39 bits per heavy atom. The Bertz CT molecular complexity index is 1180. The number of nitrogens with zero attached hydrogens (tertiary/aromatic N) is 2. The number of aryl methyl sites for hydroxylation is 4. The minimum atomic E-state index is -1.52. The highest BCUT2D eigenvalue weighted by Gasteiger charge is 2.19. The Balaban J connectivity index is 1.75. The highest BCUT2D eigenvalue weighted by atomic mass is 32.1. The molecule has 0 unspecified atom stereocenters. The van der Waals surface area contributed by atoms with Gasteiger partial charge in [-0.3, -0.25) is 0 Å². The van der Waals surface area contributed by atoms with Crippen molar-refractivity contribution in [2.75, 3.05) is 4.90 Å². The van der Waals surface area contributed by atoms with E-state index in [4.69, 9.17) is 4.98 Å². The van der Waals surface area contributed by atoms with Crippen LogP contribution in [0.2, 0.25) is 0 Å². The fourth-order valence-corrected chi connectivity index (χ4v) is 4.65. The first-order valence-electron chi connectivity index (χ1n) is 10.4. The number of hydrogen-bond acceptors (Lipinski definition) is 5. The van der Waals surface area contributed by atoms with Gasteiger partial charge in [0.25, 0.3) is 0 Å². The largest absolute Gasteiger partial charge is 0.491 e. The SMILES string of the molecule is Cc1ccc(CN(Cc2ccc(C)c(C)c2)c2ccc3scc(B(O)O)c3n2)cc1C. The van der Waals surface area contributed by atoms with Gasteiger partial charge < -0.3 is 14.9 Å². The molecule has 2 aromatic carbocycles. The maximum atomic E-state index is 9.73. The van der Waals surface area contributed by atoms with Gasteiger partial charge in [0.15, 0.2) is 0 Å². The third kappa shape index (κ3) is 4.66. The van der Waals surface area contributed by atoms with Crippen LogP contribution in [0.4, 0.5) is 5.82 Å². The lowest BCUT2D eigenvalue weighted by atomic mass is 9.82. The summed E-state index contributed by atoms with van der Waals surface area (Å²) < 4.78 is 0.948. The van der Waals surface area contributed by atoms with E-state index < -0.39 is 7.12 Å². The molecule has 0 aliphatic carbocycles. The van der Waals surface area contributed by atoms with Gasteiger partial charge in [-0.25, -0.2) is 4.98 Å².